The molecule has 1 unspecified atom stereocenters. The quantitative estimate of drug-likeness (QED) is 0.257. The second-order valence-electron chi connectivity index (χ2n) is 7.57. The molecule has 9 heteroatoms. The number of phenols is 2. The van der Waals surface area contributed by atoms with Gasteiger partial charge in [-0.15, -0.1) is 0 Å². The number of phenolic OH excluding ortho intramolecular Hbond substituents is 2. The van der Waals surface area contributed by atoms with E-state index in [1.807, 2.05) is 6.92 Å². The maximum Gasteiger partial charge on any atom is 0.372 e. The number of aromatic hydroxyl groups is 2. The van der Waals surface area contributed by atoms with Crippen molar-refractivity contribution in [3.63, 3.8) is 0 Å². The number of hydrogen-bond donors (Lipinski definition) is 3. The van der Waals surface area contributed by atoms with Crippen molar-refractivity contribution in [2.45, 2.75) is 58.8 Å². The van der Waals surface area contributed by atoms with E-state index in [0.29, 0.717) is 31.5 Å². The molecule has 0 amide bonds. The molecule has 2 rings (SSSR count). The molecule has 1 aromatic carbocycles. The fraction of sp³-hybridized carbons (Fsp3) is 0.591. The third-order valence-corrected chi connectivity index (χ3v) is 5.53. The molecule has 1 fully saturated rings. The molecule has 1 aliphatic heterocycles. The van der Waals surface area contributed by atoms with E-state index in [1.165, 1.54) is 0 Å². The molecule has 1 heterocycles. The molecule has 0 spiro atoms. The minimum absolute atomic E-state index is 0.0257. The van der Waals surface area contributed by atoms with Gasteiger partial charge in [-0.2, -0.15) is 0 Å². The van der Waals surface area contributed by atoms with Crippen molar-refractivity contribution in [2.24, 2.45) is 5.92 Å². The molecule has 0 aliphatic carbocycles. The van der Waals surface area contributed by atoms with E-state index < -0.39 is 11.8 Å². The number of rotatable bonds is 11. The molecule has 174 valence electrons. The van der Waals surface area contributed by atoms with Crippen molar-refractivity contribution in [3.05, 3.63) is 21.7 Å². The highest BCUT2D eigenvalue weighted by atomic mass is 35.5. The molecule has 31 heavy (non-hydrogen) atoms. The predicted octanol–water partition coefficient (Wildman–Crippen LogP) is 4.04. The second kappa shape index (κ2) is 14.0. The maximum absolute atomic E-state index is 11.1. The Morgan fingerprint density at radius 2 is 1.71 bits per heavy atom. The fourth-order valence-corrected chi connectivity index (χ4v) is 3.43. The van der Waals surface area contributed by atoms with Crippen LogP contribution in [-0.4, -0.2) is 53.4 Å². The highest BCUT2D eigenvalue weighted by Crippen LogP contribution is 2.40. The van der Waals surface area contributed by atoms with Crippen LogP contribution in [0.15, 0.2) is 0 Å². The van der Waals surface area contributed by atoms with Gasteiger partial charge in [-0.25, -0.2) is 4.79 Å². The zero-order chi connectivity index (χ0) is 23.4. The van der Waals surface area contributed by atoms with Crippen LogP contribution in [0.2, 0.25) is 5.02 Å². The fourth-order valence-electron chi connectivity index (χ4n) is 3.21. The lowest BCUT2D eigenvalue weighted by Crippen LogP contribution is -2.15. The van der Waals surface area contributed by atoms with Crippen molar-refractivity contribution in [2.75, 3.05) is 20.0 Å². The van der Waals surface area contributed by atoms with Crippen LogP contribution in [0.5, 0.6) is 11.5 Å². The number of ketones is 1. The molecular formula is C22H31ClO8. The molecule has 8 nitrogen and oxygen atoms in total. The van der Waals surface area contributed by atoms with Gasteiger partial charge in [0.15, 0.2) is 6.29 Å². The third kappa shape index (κ3) is 8.85. The largest absolute Gasteiger partial charge is 0.507 e. The highest BCUT2D eigenvalue weighted by molar-refractivity contribution is 6.33. The van der Waals surface area contributed by atoms with Gasteiger partial charge in [0.05, 0.1) is 23.8 Å². The van der Waals surface area contributed by atoms with Gasteiger partial charge in [-0.1, -0.05) is 44.2 Å². The average Bonchev–Trinajstić information content (AvgIpc) is 3.31. The molecule has 0 saturated carbocycles. The van der Waals surface area contributed by atoms with Crippen molar-refractivity contribution in [3.8, 4) is 11.5 Å². The van der Waals surface area contributed by atoms with Crippen molar-refractivity contribution >= 4 is 29.6 Å². The van der Waals surface area contributed by atoms with Crippen LogP contribution in [0.4, 0.5) is 0 Å². The normalized spacial score (nSPS) is 13.9. The zero-order valence-electron chi connectivity index (χ0n) is 18.0. The molecular weight excluding hydrogens is 428 g/mol. The van der Waals surface area contributed by atoms with Crippen molar-refractivity contribution < 1.29 is 39.2 Å². The van der Waals surface area contributed by atoms with E-state index in [1.54, 1.807) is 6.92 Å². The molecule has 1 aromatic rings. The summed E-state index contributed by atoms with van der Waals surface area (Å²) in [5.74, 6) is -2.53. The van der Waals surface area contributed by atoms with Crippen LogP contribution in [0.25, 0.3) is 0 Å². The number of unbranched alkanes of at least 4 members (excludes halogenated alkanes) is 3. The number of Topliss-reactive ketones (excluding diaryl/α,β-unsaturated/α-hetero) is 1. The first-order chi connectivity index (χ1) is 14.7. The Kier molecular flexibility index (Phi) is 12.1. The molecule has 0 aromatic heterocycles. The van der Waals surface area contributed by atoms with Crippen LogP contribution in [0, 0.1) is 12.8 Å². The predicted molar refractivity (Wildman–Crippen MR) is 115 cm³/mol. The monoisotopic (exact) mass is 458 g/mol. The number of carboxylic acids is 1. The summed E-state index contributed by atoms with van der Waals surface area (Å²) < 4.78 is 9.44. The second-order valence-corrected chi connectivity index (χ2v) is 7.95. The SMILES string of the molecule is C1COCO1.Cc1c(Cl)c(O)c(CCCCCCC(C)CC(=O)C(=O)O)c(O)c1C=O. The third-order valence-electron chi connectivity index (χ3n) is 5.07. The summed E-state index contributed by atoms with van der Waals surface area (Å²) in [6.45, 7) is 5.47. The summed E-state index contributed by atoms with van der Waals surface area (Å²) in [5.41, 5.74) is 0.730. The summed E-state index contributed by atoms with van der Waals surface area (Å²) in [7, 11) is 0. The van der Waals surface area contributed by atoms with Crippen LogP contribution in [-0.2, 0) is 25.5 Å². The van der Waals surface area contributed by atoms with E-state index in [2.05, 4.69) is 0 Å². The number of carbonyl (C=O) groups excluding carboxylic acids is 2. The van der Waals surface area contributed by atoms with Gasteiger partial charge in [-0.05, 0) is 31.2 Å². The van der Waals surface area contributed by atoms with Crippen LogP contribution >= 0.6 is 11.6 Å². The molecule has 1 saturated heterocycles. The topological polar surface area (TPSA) is 130 Å². The molecule has 0 radical (unpaired) electrons. The Morgan fingerprint density at radius 1 is 1.10 bits per heavy atom. The van der Waals surface area contributed by atoms with Gasteiger partial charge in [0.2, 0.25) is 5.78 Å². The van der Waals surface area contributed by atoms with Crippen LogP contribution in [0.3, 0.4) is 0 Å². The van der Waals surface area contributed by atoms with E-state index in [-0.39, 0.29) is 40.0 Å². The number of carboxylic acid groups (broad SMARTS) is 1. The first-order valence-corrected chi connectivity index (χ1v) is 10.7. The highest BCUT2D eigenvalue weighted by Gasteiger charge is 2.20. The zero-order valence-corrected chi connectivity index (χ0v) is 18.7. The van der Waals surface area contributed by atoms with Gasteiger partial charge in [0.25, 0.3) is 0 Å². The van der Waals surface area contributed by atoms with Gasteiger partial charge < -0.3 is 24.8 Å². The molecule has 1 aliphatic rings. The number of carbonyl (C=O) groups is 3. The van der Waals surface area contributed by atoms with Gasteiger partial charge in [-0.3, -0.25) is 9.59 Å². The standard InChI is InChI=1S/C19H25ClO6.C3H6O2/c1-11(9-15(22)19(25)26)7-5-3-4-6-8-13-17(23)14(10-21)12(2)16(20)18(13)24;1-2-5-3-4-1/h10-11,23-24H,3-9H2,1-2H3,(H,25,26);1-3H2. The van der Waals surface area contributed by atoms with Gasteiger partial charge in [0.1, 0.15) is 18.3 Å². The number of benzene rings is 1. The van der Waals surface area contributed by atoms with Gasteiger partial charge in [0, 0.05) is 12.0 Å². The number of aliphatic carboxylic acids is 1. The summed E-state index contributed by atoms with van der Waals surface area (Å²) in [6, 6.07) is 0. The lowest BCUT2D eigenvalue weighted by molar-refractivity contribution is -0.149. The maximum atomic E-state index is 11.1. The van der Waals surface area contributed by atoms with E-state index in [4.69, 9.17) is 26.2 Å². The summed E-state index contributed by atoms with van der Waals surface area (Å²) in [4.78, 5) is 32.7. The minimum atomic E-state index is -1.39. The Balaban J connectivity index is 0.000000836. The molecule has 3 N–H and O–H groups in total. The number of hydrogen-bond acceptors (Lipinski definition) is 7. The minimum Gasteiger partial charge on any atom is -0.507 e. The smallest absolute Gasteiger partial charge is 0.372 e. The first-order valence-electron chi connectivity index (χ1n) is 10.3. The number of halogens is 1. The summed E-state index contributed by atoms with van der Waals surface area (Å²) in [5, 5.41) is 28.9. The Morgan fingerprint density at radius 3 is 2.23 bits per heavy atom. The lowest BCUT2D eigenvalue weighted by Gasteiger charge is -2.14. The van der Waals surface area contributed by atoms with Crippen molar-refractivity contribution in [1.29, 1.82) is 0 Å². The van der Waals surface area contributed by atoms with E-state index in [0.717, 1.165) is 38.9 Å². The van der Waals surface area contributed by atoms with Gasteiger partial charge >= 0.3 is 5.97 Å². The Hall–Kier alpha value is -2.16. The number of aldehydes is 1. The van der Waals surface area contributed by atoms with E-state index >= 15 is 0 Å². The Labute approximate surface area is 187 Å². The van der Waals surface area contributed by atoms with E-state index in [9.17, 15) is 24.6 Å². The Bertz CT molecular complexity index is 751. The molecule has 1 atom stereocenters. The summed E-state index contributed by atoms with van der Waals surface area (Å²) in [6.07, 6.45) is 5.01. The number of ether oxygens (including phenoxy) is 2. The lowest BCUT2D eigenvalue weighted by atomic mass is 9.95. The van der Waals surface area contributed by atoms with Crippen LogP contribution in [0.1, 0.15) is 66.9 Å². The molecule has 0 bridgehead atoms. The average molecular weight is 459 g/mol. The van der Waals surface area contributed by atoms with Crippen LogP contribution < -0.4 is 0 Å². The first kappa shape index (κ1) is 26.9. The summed E-state index contributed by atoms with van der Waals surface area (Å²) >= 11 is 6.01. The van der Waals surface area contributed by atoms with Crippen molar-refractivity contribution in [1.82, 2.24) is 0 Å².